The first-order chi connectivity index (χ1) is 4.83. The maximum absolute atomic E-state index is 10.8. The largest absolute Gasteiger partial charge is 0.353 e. The summed E-state index contributed by atoms with van der Waals surface area (Å²) in [6, 6.07) is 0.353. The molecule has 0 spiro atoms. The van der Waals surface area contributed by atoms with Crippen molar-refractivity contribution < 1.29 is 4.79 Å². The van der Waals surface area contributed by atoms with Gasteiger partial charge in [-0.05, 0) is 25.8 Å². The third kappa shape index (κ3) is 1.99. The highest BCUT2D eigenvalue weighted by Crippen LogP contribution is 2.09. The second kappa shape index (κ2) is 3.56. The third-order valence-electron chi connectivity index (χ3n) is 1.84. The number of carbonyl (C=O) groups excluding carboxylic acids is 1. The fourth-order valence-corrected chi connectivity index (χ4v) is 1.30. The molecule has 58 valence electrons. The summed E-state index contributed by atoms with van der Waals surface area (Å²) in [5.74, 6) is 0.185. The summed E-state index contributed by atoms with van der Waals surface area (Å²) in [6.07, 6.45) is 3.74. The molecule has 0 saturated carbocycles. The minimum Gasteiger partial charge on any atom is -0.353 e. The van der Waals surface area contributed by atoms with Crippen molar-refractivity contribution in [1.82, 2.24) is 5.32 Å². The predicted octanol–water partition coefficient (Wildman–Crippen LogP) is 0.00390. The number of nitrogens with two attached hydrogens (primary N) is 1. The van der Waals surface area contributed by atoms with Gasteiger partial charge in [-0.3, -0.25) is 4.79 Å². The van der Waals surface area contributed by atoms with E-state index in [0.29, 0.717) is 19.0 Å². The number of hydrogen-bond acceptors (Lipinski definition) is 2. The van der Waals surface area contributed by atoms with E-state index in [1.165, 1.54) is 0 Å². The maximum atomic E-state index is 10.8. The van der Waals surface area contributed by atoms with Gasteiger partial charge in [-0.1, -0.05) is 0 Å². The summed E-state index contributed by atoms with van der Waals surface area (Å²) >= 11 is 0. The lowest BCUT2D eigenvalue weighted by Crippen LogP contribution is -2.39. The second-order valence-electron chi connectivity index (χ2n) is 2.73. The first-order valence-corrected chi connectivity index (χ1v) is 3.82. The van der Waals surface area contributed by atoms with Crippen molar-refractivity contribution >= 4 is 5.91 Å². The monoisotopic (exact) mass is 142 g/mol. The minimum atomic E-state index is 0.185. The molecular weight excluding hydrogens is 128 g/mol. The Bertz CT molecular complexity index is 123. The molecule has 1 aliphatic rings. The van der Waals surface area contributed by atoms with Crippen LogP contribution in [0.5, 0.6) is 0 Å². The average molecular weight is 142 g/mol. The van der Waals surface area contributed by atoms with Gasteiger partial charge in [0.05, 0.1) is 0 Å². The van der Waals surface area contributed by atoms with Crippen LogP contribution in [0.2, 0.25) is 0 Å². The van der Waals surface area contributed by atoms with Crippen molar-refractivity contribution in [3.8, 4) is 0 Å². The van der Waals surface area contributed by atoms with E-state index in [9.17, 15) is 4.79 Å². The Hall–Kier alpha value is -0.570. The Morgan fingerprint density at radius 2 is 2.50 bits per heavy atom. The fourth-order valence-electron chi connectivity index (χ4n) is 1.30. The second-order valence-corrected chi connectivity index (χ2v) is 2.73. The zero-order chi connectivity index (χ0) is 7.40. The lowest BCUT2D eigenvalue weighted by molar-refractivity contribution is -0.123. The Balaban J connectivity index is 2.25. The molecule has 3 N–H and O–H groups in total. The number of piperidine rings is 1. The summed E-state index contributed by atoms with van der Waals surface area (Å²) in [5, 5.41) is 2.90. The van der Waals surface area contributed by atoms with Crippen LogP contribution in [0.25, 0.3) is 0 Å². The fraction of sp³-hybridized carbons (Fsp3) is 0.857. The van der Waals surface area contributed by atoms with E-state index < -0.39 is 0 Å². The molecule has 1 aliphatic heterocycles. The van der Waals surface area contributed by atoms with Crippen molar-refractivity contribution in [2.45, 2.75) is 31.7 Å². The normalized spacial score (nSPS) is 26.1. The van der Waals surface area contributed by atoms with Crippen LogP contribution in [0, 0.1) is 0 Å². The lowest BCUT2D eigenvalue weighted by Gasteiger charge is -2.22. The molecule has 0 bridgehead atoms. The van der Waals surface area contributed by atoms with Crippen LogP contribution in [-0.4, -0.2) is 18.5 Å². The van der Waals surface area contributed by atoms with Gasteiger partial charge in [-0.15, -0.1) is 0 Å². The van der Waals surface area contributed by atoms with Gasteiger partial charge in [0.1, 0.15) is 0 Å². The van der Waals surface area contributed by atoms with Gasteiger partial charge in [0.25, 0.3) is 0 Å². The zero-order valence-corrected chi connectivity index (χ0v) is 6.10. The number of nitrogens with one attached hydrogen (secondary N) is 1. The summed E-state index contributed by atoms with van der Waals surface area (Å²) in [5.41, 5.74) is 5.35. The Morgan fingerprint density at radius 3 is 3.10 bits per heavy atom. The SMILES string of the molecule is NCC[C@@H]1CCCC(=O)N1. The molecular formula is C7H14N2O. The molecule has 0 aliphatic carbocycles. The molecule has 0 unspecified atom stereocenters. The molecule has 3 nitrogen and oxygen atoms in total. The van der Waals surface area contributed by atoms with E-state index in [-0.39, 0.29) is 5.91 Å². The number of hydrogen-bond donors (Lipinski definition) is 2. The first kappa shape index (κ1) is 7.54. The first-order valence-electron chi connectivity index (χ1n) is 3.82. The standard InChI is InChI=1S/C7H14N2O/c8-5-4-6-2-1-3-7(10)9-6/h6H,1-5,8H2,(H,9,10)/t6-/m0/s1. The van der Waals surface area contributed by atoms with Gasteiger partial charge in [-0.25, -0.2) is 0 Å². The van der Waals surface area contributed by atoms with Crippen molar-refractivity contribution in [3.63, 3.8) is 0 Å². The molecule has 0 aromatic carbocycles. The Labute approximate surface area is 61.0 Å². The van der Waals surface area contributed by atoms with E-state index in [4.69, 9.17) is 5.73 Å². The number of carbonyl (C=O) groups is 1. The summed E-state index contributed by atoms with van der Waals surface area (Å²) in [6.45, 7) is 0.672. The van der Waals surface area contributed by atoms with Crippen molar-refractivity contribution in [3.05, 3.63) is 0 Å². The van der Waals surface area contributed by atoms with Crippen LogP contribution in [-0.2, 0) is 4.79 Å². The predicted molar refractivity (Wildman–Crippen MR) is 39.5 cm³/mol. The average Bonchev–Trinajstić information content (AvgIpc) is 1.88. The highest BCUT2D eigenvalue weighted by Gasteiger charge is 2.16. The van der Waals surface area contributed by atoms with Crippen molar-refractivity contribution in [1.29, 1.82) is 0 Å². The molecule has 1 fully saturated rings. The zero-order valence-electron chi connectivity index (χ0n) is 6.10. The molecule has 0 radical (unpaired) electrons. The van der Waals surface area contributed by atoms with Gasteiger partial charge in [-0.2, -0.15) is 0 Å². The molecule has 1 saturated heterocycles. The van der Waals surface area contributed by atoms with Gasteiger partial charge in [0.15, 0.2) is 0 Å². The molecule has 1 heterocycles. The summed E-state index contributed by atoms with van der Waals surface area (Å²) in [4.78, 5) is 10.8. The van der Waals surface area contributed by atoms with Crippen molar-refractivity contribution in [2.75, 3.05) is 6.54 Å². The van der Waals surface area contributed by atoms with Gasteiger partial charge in [0.2, 0.25) is 5.91 Å². The molecule has 0 aromatic heterocycles. The van der Waals surface area contributed by atoms with Gasteiger partial charge < -0.3 is 11.1 Å². The number of rotatable bonds is 2. The van der Waals surface area contributed by atoms with Crippen LogP contribution < -0.4 is 11.1 Å². The Morgan fingerprint density at radius 1 is 1.70 bits per heavy atom. The smallest absolute Gasteiger partial charge is 0.220 e. The van der Waals surface area contributed by atoms with Crippen LogP contribution in [0.4, 0.5) is 0 Å². The van der Waals surface area contributed by atoms with Gasteiger partial charge in [0, 0.05) is 12.5 Å². The molecule has 10 heavy (non-hydrogen) atoms. The van der Waals surface area contributed by atoms with Crippen molar-refractivity contribution in [2.24, 2.45) is 5.73 Å². The van der Waals surface area contributed by atoms with Crippen LogP contribution in [0.15, 0.2) is 0 Å². The van der Waals surface area contributed by atoms with E-state index in [0.717, 1.165) is 19.3 Å². The minimum absolute atomic E-state index is 0.185. The summed E-state index contributed by atoms with van der Waals surface area (Å²) < 4.78 is 0. The van der Waals surface area contributed by atoms with Crippen LogP contribution in [0.1, 0.15) is 25.7 Å². The van der Waals surface area contributed by atoms with E-state index in [1.54, 1.807) is 0 Å². The molecule has 1 amide bonds. The van der Waals surface area contributed by atoms with Crippen LogP contribution in [0.3, 0.4) is 0 Å². The molecule has 3 heteroatoms. The van der Waals surface area contributed by atoms with Crippen LogP contribution >= 0.6 is 0 Å². The highest BCUT2D eigenvalue weighted by molar-refractivity contribution is 5.76. The van der Waals surface area contributed by atoms with Gasteiger partial charge >= 0.3 is 0 Å². The Kier molecular flexibility index (Phi) is 2.68. The topological polar surface area (TPSA) is 55.1 Å². The third-order valence-corrected chi connectivity index (χ3v) is 1.84. The quantitative estimate of drug-likeness (QED) is 0.570. The molecule has 1 rings (SSSR count). The van der Waals surface area contributed by atoms with E-state index >= 15 is 0 Å². The van der Waals surface area contributed by atoms with E-state index in [1.807, 2.05) is 0 Å². The number of amides is 1. The molecule has 1 atom stereocenters. The lowest BCUT2D eigenvalue weighted by atomic mass is 10.0. The molecule has 0 aromatic rings. The maximum Gasteiger partial charge on any atom is 0.220 e. The summed E-state index contributed by atoms with van der Waals surface area (Å²) in [7, 11) is 0. The highest BCUT2D eigenvalue weighted by atomic mass is 16.1. The van der Waals surface area contributed by atoms with E-state index in [2.05, 4.69) is 5.32 Å².